The summed E-state index contributed by atoms with van der Waals surface area (Å²) in [6.45, 7) is 0.222. The average Bonchev–Trinajstić information content (AvgIpc) is 3.20. The van der Waals surface area contributed by atoms with E-state index in [0.29, 0.717) is 0 Å². The monoisotopic (exact) mass is 337 g/mol. The van der Waals surface area contributed by atoms with Crippen molar-refractivity contribution in [3.8, 4) is 0 Å². The Balaban J connectivity index is 1.80. The molecule has 0 spiro atoms. The summed E-state index contributed by atoms with van der Waals surface area (Å²) in [7, 11) is -1.91. The van der Waals surface area contributed by atoms with Crippen molar-refractivity contribution in [2.45, 2.75) is 10.9 Å². The third-order valence-electron chi connectivity index (χ3n) is 3.17. The normalized spacial score (nSPS) is 13.3. The molecule has 0 radical (unpaired) electrons. The Hall–Kier alpha value is -1.97. The second kappa shape index (κ2) is 6.03. The predicted octanol–water partition coefficient (Wildman–Crippen LogP) is 1.25. The first-order chi connectivity index (χ1) is 10.6. The molecule has 0 bridgehead atoms. The smallest absolute Gasteiger partial charge is 0.243 e. The fourth-order valence-electron chi connectivity index (χ4n) is 2.08. The van der Waals surface area contributed by atoms with E-state index in [0.717, 1.165) is 4.88 Å². The van der Waals surface area contributed by atoms with Gasteiger partial charge in [-0.05, 0) is 17.5 Å². The van der Waals surface area contributed by atoms with Gasteiger partial charge in [0.15, 0.2) is 0 Å². The van der Waals surface area contributed by atoms with Crippen molar-refractivity contribution >= 4 is 21.4 Å². The van der Waals surface area contributed by atoms with Crippen LogP contribution in [0.3, 0.4) is 0 Å². The zero-order valence-electron chi connectivity index (χ0n) is 11.8. The Morgan fingerprint density at radius 3 is 2.82 bits per heavy atom. The minimum atomic E-state index is -3.59. The molecular weight excluding hydrogens is 322 g/mol. The quantitative estimate of drug-likeness (QED) is 0.734. The van der Waals surface area contributed by atoms with Gasteiger partial charge < -0.3 is 0 Å². The van der Waals surface area contributed by atoms with Crippen molar-refractivity contribution < 1.29 is 8.42 Å². The zero-order valence-corrected chi connectivity index (χ0v) is 13.5. The van der Waals surface area contributed by atoms with Crippen LogP contribution in [0.1, 0.15) is 10.9 Å². The lowest BCUT2D eigenvalue weighted by Crippen LogP contribution is -2.31. The summed E-state index contributed by atoms with van der Waals surface area (Å²) in [4.78, 5) is 1.19. The standard InChI is InChI=1S/C13H15N5O2S2/c1-17-10-11(8-15-17)22(19,20)16-9-12(13-4-2-7-21-13)18-6-3-5-14-18/h2-8,10,12,16H,9H2,1H3. The number of sulfonamides is 1. The molecule has 0 saturated carbocycles. The van der Waals surface area contributed by atoms with E-state index in [-0.39, 0.29) is 17.5 Å². The Morgan fingerprint density at radius 2 is 2.23 bits per heavy atom. The lowest BCUT2D eigenvalue weighted by atomic mass is 10.2. The molecule has 0 aliphatic rings. The Kier molecular flexibility index (Phi) is 4.10. The third kappa shape index (κ3) is 3.11. The largest absolute Gasteiger partial charge is 0.274 e. The summed E-state index contributed by atoms with van der Waals surface area (Å²) in [5.41, 5.74) is 0. The highest BCUT2D eigenvalue weighted by Crippen LogP contribution is 2.22. The van der Waals surface area contributed by atoms with Gasteiger partial charge in [-0.25, -0.2) is 13.1 Å². The minimum Gasteiger partial charge on any atom is -0.274 e. The molecule has 0 saturated heterocycles. The van der Waals surface area contributed by atoms with E-state index in [1.54, 1.807) is 29.3 Å². The molecule has 7 nitrogen and oxygen atoms in total. The molecule has 0 amide bonds. The van der Waals surface area contributed by atoms with E-state index in [4.69, 9.17) is 0 Å². The van der Waals surface area contributed by atoms with Gasteiger partial charge in [0.1, 0.15) is 4.90 Å². The molecule has 0 aliphatic heterocycles. The maximum absolute atomic E-state index is 12.3. The number of thiophene rings is 1. The molecule has 9 heteroatoms. The summed E-state index contributed by atoms with van der Waals surface area (Å²) in [6, 6.07) is 5.54. The van der Waals surface area contributed by atoms with Crippen LogP contribution in [-0.2, 0) is 17.1 Å². The van der Waals surface area contributed by atoms with Gasteiger partial charge in [-0.15, -0.1) is 11.3 Å². The summed E-state index contributed by atoms with van der Waals surface area (Å²) >= 11 is 1.57. The fraction of sp³-hybridized carbons (Fsp3) is 0.231. The van der Waals surface area contributed by atoms with Gasteiger partial charge in [0, 0.05) is 37.1 Å². The summed E-state index contributed by atoms with van der Waals surface area (Å²) in [5.74, 6) is 0. The van der Waals surface area contributed by atoms with Crippen molar-refractivity contribution in [1.82, 2.24) is 24.3 Å². The highest BCUT2D eigenvalue weighted by atomic mass is 32.2. The van der Waals surface area contributed by atoms with Crippen molar-refractivity contribution in [3.63, 3.8) is 0 Å². The molecule has 116 valence electrons. The number of nitrogens with one attached hydrogen (secondary N) is 1. The number of hydrogen-bond donors (Lipinski definition) is 1. The van der Waals surface area contributed by atoms with Crippen LogP contribution in [-0.4, -0.2) is 34.5 Å². The summed E-state index contributed by atoms with van der Waals surface area (Å²) in [5, 5.41) is 10.1. The van der Waals surface area contributed by atoms with Crippen LogP contribution in [0.4, 0.5) is 0 Å². The first-order valence-corrected chi connectivity index (χ1v) is 8.93. The van der Waals surface area contributed by atoms with Crippen molar-refractivity contribution in [2.75, 3.05) is 6.54 Å². The highest BCUT2D eigenvalue weighted by Gasteiger charge is 2.21. The van der Waals surface area contributed by atoms with Crippen molar-refractivity contribution in [2.24, 2.45) is 7.05 Å². The maximum atomic E-state index is 12.3. The van der Waals surface area contributed by atoms with Gasteiger partial charge in [0.05, 0.1) is 12.2 Å². The highest BCUT2D eigenvalue weighted by molar-refractivity contribution is 7.89. The number of nitrogens with zero attached hydrogens (tertiary/aromatic N) is 4. The lowest BCUT2D eigenvalue weighted by Gasteiger charge is -2.16. The maximum Gasteiger partial charge on any atom is 0.243 e. The SMILES string of the molecule is Cn1cc(S(=O)(=O)NCC(c2cccs2)n2cccn2)cn1. The van der Waals surface area contributed by atoms with E-state index in [1.165, 1.54) is 17.1 Å². The zero-order chi connectivity index (χ0) is 15.6. The Labute approximate surface area is 132 Å². The van der Waals surface area contributed by atoms with Gasteiger partial charge in [-0.3, -0.25) is 9.36 Å². The van der Waals surface area contributed by atoms with Crippen molar-refractivity contribution in [3.05, 3.63) is 53.2 Å². The first-order valence-electron chi connectivity index (χ1n) is 6.57. The second-order valence-corrected chi connectivity index (χ2v) is 7.47. The van der Waals surface area contributed by atoms with Gasteiger partial charge >= 0.3 is 0 Å². The summed E-state index contributed by atoms with van der Waals surface area (Å²) < 4.78 is 30.4. The van der Waals surface area contributed by atoms with Crippen LogP contribution >= 0.6 is 11.3 Å². The molecule has 3 aromatic heterocycles. The molecule has 3 heterocycles. The van der Waals surface area contributed by atoms with Crippen LogP contribution in [0.15, 0.2) is 53.3 Å². The van der Waals surface area contributed by atoms with E-state index in [1.807, 2.05) is 29.8 Å². The Morgan fingerprint density at radius 1 is 1.36 bits per heavy atom. The third-order valence-corrected chi connectivity index (χ3v) is 5.53. The van der Waals surface area contributed by atoms with Gasteiger partial charge in [0.2, 0.25) is 10.0 Å². The van der Waals surface area contributed by atoms with Crippen molar-refractivity contribution in [1.29, 1.82) is 0 Å². The second-order valence-electron chi connectivity index (χ2n) is 4.72. The van der Waals surface area contributed by atoms with Crippen LogP contribution in [0.2, 0.25) is 0 Å². The predicted molar refractivity (Wildman–Crippen MR) is 83.1 cm³/mol. The van der Waals surface area contributed by atoms with E-state index >= 15 is 0 Å². The Bertz CT molecular complexity index is 788. The van der Waals surface area contributed by atoms with Gasteiger partial charge in [-0.1, -0.05) is 6.07 Å². The molecule has 1 atom stereocenters. The molecule has 3 rings (SSSR count). The molecule has 0 fully saturated rings. The van der Waals surface area contributed by atoms with Crippen LogP contribution < -0.4 is 4.72 Å². The molecule has 1 unspecified atom stereocenters. The average molecular weight is 337 g/mol. The molecule has 0 aromatic carbocycles. The van der Waals surface area contributed by atoms with Gasteiger partial charge in [-0.2, -0.15) is 10.2 Å². The molecular formula is C13H15N5O2S2. The van der Waals surface area contributed by atoms with E-state index in [2.05, 4.69) is 14.9 Å². The van der Waals surface area contributed by atoms with Crippen LogP contribution in [0.5, 0.6) is 0 Å². The number of aryl methyl sites for hydroxylation is 1. The lowest BCUT2D eigenvalue weighted by molar-refractivity contribution is 0.511. The first kappa shape index (κ1) is 14.9. The number of aromatic nitrogens is 4. The van der Waals surface area contributed by atoms with Crippen LogP contribution in [0, 0.1) is 0 Å². The van der Waals surface area contributed by atoms with Gasteiger partial charge in [0.25, 0.3) is 0 Å². The summed E-state index contributed by atoms with van der Waals surface area (Å²) in [6.07, 6.45) is 6.30. The molecule has 3 aromatic rings. The molecule has 22 heavy (non-hydrogen) atoms. The number of rotatable bonds is 6. The number of hydrogen-bond acceptors (Lipinski definition) is 5. The molecule has 1 N–H and O–H groups in total. The van der Waals surface area contributed by atoms with E-state index < -0.39 is 10.0 Å². The van der Waals surface area contributed by atoms with E-state index in [9.17, 15) is 8.42 Å². The fourth-order valence-corrected chi connectivity index (χ4v) is 3.92. The molecule has 0 aliphatic carbocycles. The minimum absolute atomic E-state index is 0.153. The topological polar surface area (TPSA) is 81.8 Å². The van der Waals surface area contributed by atoms with Crippen LogP contribution in [0.25, 0.3) is 0 Å².